The van der Waals surface area contributed by atoms with Crippen LogP contribution in [0.2, 0.25) is 5.02 Å². The van der Waals surface area contributed by atoms with Crippen LogP contribution in [0.1, 0.15) is 12.2 Å². The molecule has 5 heteroatoms. The minimum absolute atomic E-state index is 0.269. The molecule has 1 unspecified atom stereocenters. The fourth-order valence-electron chi connectivity index (χ4n) is 3.37. The molecule has 0 radical (unpaired) electrons. The Kier molecular flexibility index (Phi) is 4.27. The molecule has 0 saturated carbocycles. The first-order valence-corrected chi connectivity index (χ1v) is 8.57. The lowest BCUT2D eigenvalue weighted by molar-refractivity contribution is 0.216. The monoisotopic (exact) mass is 342 g/mol. The number of pyridine rings is 1. The predicted molar refractivity (Wildman–Crippen MR) is 94.9 cm³/mol. The van der Waals surface area contributed by atoms with Gasteiger partial charge in [-0.05, 0) is 49.2 Å². The molecule has 1 aromatic carbocycles. The van der Waals surface area contributed by atoms with E-state index in [9.17, 15) is 5.11 Å². The highest BCUT2D eigenvalue weighted by atomic mass is 35.5. The average molecular weight is 343 g/mol. The molecule has 4 rings (SSSR count). The Labute approximate surface area is 145 Å². The number of halogens is 1. The van der Waals surface area contributed by atoms with Gasteiger partial charge in [-0.2, -0.15) is 0 Å². The molecule has 0 aliphatic carbocycles. The van der Waals surface area contributed by atoms with Crippen molar-refractivity contribution in [2.24, 2.45) is 5.92 Å². The second-order valence-corrected chi connectivity index (χ2v) is 6.79. The fourth-order valence-corrected chi connectivity index (χ4v) is 3.54. The Morgan fingerprint density at radius 1 is 1.25 bits per heavy atom. The van der Waals surface area contributed by atoms with Crippen molar-refractivity contribution in [2.75, 3.05) is 19.7 Å². The summed E-state index contributed by atoms with van der Waals surface area (Å²) in [6.45, 7) is 3.00. The van der Waals surface area contributed by atoms with Gasteiger partial charge in [0.15, 0.2) is 0 Å². The Morgan fingerprint density at radius 3 is 3.00 bits per heavy atom. The first kappa shape index (κ1) is 15.6. The summed E-state index contributed by atoms with van der Waals surface area (Å²) < 4.78 is 6.07. The van der Waals surface area contributed by atoms with Crippen molar-refractivity contribution in [3.05, 3.63) is 53.4 Å². The third-order valence-electron chi connectivity index (χ3n) is 4.64. The van der Waals surface area contributed by atoms with Crippen LogP contribution in [0.25, 0.3) is 22.2 Å². The van der Waals surface area contributed by atoms with Crippen LogP contribution in [-0.4, -0.2) is 34.7 Å². The summed E-state index contributed by atoms with van der Waals surface area (Å²) in [5.74, 6) is 2.19. The molecule has 1 N–H and O–H groups in total. The minimum Gasteiger partial charge on any atom is -0.460 e. The van der Waals surface area contributed by atoms with E-state index in [1.54, 1.807) is 6.20 Å². The Hall–Kier alpha value is -1.88. The van der Waals surface area contributed by atoms with Crippen molar-refractivity contribution in [3.8, 4) is 11.3 Å². The van der Waals surface area contributed by atoms with Gasteiger partial charge >= 0.3 is 0 Å². The second kappa shape index (κ2) is 6.55. The number of aliphatic hydroxyl groups is 1. The van der Waals surface area contributed by atoms with Crippen LogP contribution in [0.4, 0.5) is 0 Å². The number of aliphatic hydroxyl groups excluding tert-OH is 1. The summed E-state index contributed by atoms with van der Waals surface area (Å²) in [4.78, 5) is 6.71. The maximum Gasteiger partial charge on any atom is 0.135 e. The zero-order chi connectivity index (χ0) is 16.5. The summed E-state index contributed by atoms with van der Waals surface area (Å²) in [6.07, 6.45) is 2.84. The van der Waals surface area contributed by atoms with Crippen molar-refractivity contribution >= 4 is 22.5 Å². The minimum atomic E-state index is 0.269. The number of fused-ring (bicyclic) bond motifs is 1. The molecule has 0 spiro atoms. The van der Waals surface area contributed by atoms with Crippen molar-refractivity contribution in [3.63, 3.8) is 0 Å². The van der Waals surface area contributed by atoms with E-state index >= 15 is 0 Å². The van der Waals surface area contributed by atoms with Crippen LogP contribution < -0.4 is 0 Å². The van der Waals surface area contributed by atoms with Crippen LogP contribution in [0.15, 0.2) is 47.0 Å². The molecule has 124 valence electrons. The predicted octanol–water partition coefficient (Wildman–Crippen LogP) is 3.96. The van der Waals surface area contributed by atoms with Gasteiger partial charge in [0.25, 0.3) is 0 Å². The molecule has 1 saturated heterocycles. The Balaban J connectivity index is 1.59. The number of hydrogen-bond donors (Lipinski definition) is 1. The maximum atomic E-state index is 9.26. The highest BCUT2D eigenvalue weighted by Crippen LogP contribution is 2.31. The number of hydrogen-bond acceptors (Lipinski definition) is 4. The summed E-state index contributed by atoms with van der Waals surface area (Å²) >= 11 is 6.05. The number of nitrogens with zero attached hydrogens (tertiary/aromatic N) is 2. The van der Waals surface area contributed by atoms with E-state index in [4.69, 9.17) is 16.0 Å². The highest BCUT2D eigenvalue weighted by Gasteiger charge is 2.22. The van der Waals surface area contributed by atoms with E-state index in [-0.39, 0.29) is 6.61 Å². The number of benzene rings is 1. The lowest BCUT2D eigenvalue weighted by atomic mass is 10.1. The standard InChI is InChI=1S/C19H19ClN2O2/c20-14-1-3-16-17(5-7-21-18(16)9-14)19-4-2-15(24-19)11-22-8-6-13(10-22)12-23/h1-5,7,9,13,23H,6,8,10-12H2. The van der Waals surface area contributed by atoms with E-state index < -0.39 is 0 Å². The summed E-state index contributed by atoms with van der Waals surface area (Å²) in [5.41, 5.74) is 1.89. The van der Waals surface area contributed by atoms with Gasteiger partial charge in [0.1, 0.15) is 11.5 Å². The molecule has 24 heavy (non-hydrogen) atoms. The van der Waals surface area contributed by atoms with E-state index in [0.717, 1.165) is 54.0 Å². The molecule has 3 heterocycles. The second-order valence-electron chi connectivity index (χ2n) is 6.36. The number of likely N-dealkylation sites (tertiary alicyclic amines) is 1. The third-order valence-corrected chi connectivity index (χ3v) is 4.87. The topological polar surface area (TPSA) is 49.5 Å². The first-order valence-electron chi connectivity index (χ1n) is 8.19. The molecule has 1 fully saturated rings. The van der Waals surface area contributed by atoms with Crippen LogP contribution in [0.3, 0.4) is 0 Å². The molecule has 1 atom stereocenters. The molecule has 0 amide bonds. The summed E-state index contributed by atoms with van der Waals surface area (Å²) in [6, 6.07) is 11.7. The molecule has 0 bridgehead atoms. The van der Waals surface area contributed by atoms with Crippen molar-refractivity contribution in [1.82, 2.24) is 9.88 Å². The van der Waals surface area contributed by atoms with Gasteiger partial charge in [-0.25, -0.2) is 0 Å². The van der Waals surface area contributed by atoms with Gasteiger partial charge in [0.05, 0.1) is 12.1 Å². The Bertz CT molecular complexity index is 861. The zero-order valence-corrected chi connectivity index (χ0v) is 14.0. The lowest BCUT2D eigenvalue weighted by Gasteiger charge is -2.13. The van der Waals surface area contributed by atoms with Gasteiger partial charge in [0.2, 0.25) is 0 Å². The van der Waals surface area contributed by atoms with Crippen LogP contribution in [-0.2, 0) is 6.54 Å². The maximum absolute atomic E-state index is 9.26. The summed E-state index contributed by atoms with van der Waals surface area (Å²) in [7, 11) is 0. The largest absolute Gasteiger partial charge is 0.460 e. The van der Waals surface area contributed by atoms with Gasteiger partial charge in [-0.15, -0.1) is 0 Å². The number of rotatable bonds is 4. The Morgan fingerprint density at radius 2 is 2.17 bits per heavy atom. The van der Waals surface area contributed by atoms with Gasteiger partial charge in [0, 0.05) is 35.3 Å². The average Bonchev–Trinajstić information content (AvgIpc) is 3.23. The van der Waals surface area contributed by atoms with E-state index in [1.807, 2.05) is 36.4 Å². The SMILES string of the molecule is OCC1CCN(Cc2ccc(-c3ccnc4cc(Cl)ccc34)o2)C1. The smallest absolute Gasteiger partial charge is 0.135 e. The van der Waals surface area contributed by atoms with Crippen LogP contribution >= 0.6 is 11.6 Å². The van der Waals surface area contributed by atoms with Crippen molar-refractivity contribution in [2.45, 2.75) is 13.0 Å². The zero-order valence-electron chi connectivity index (χ0n) is 13.3. The lowest BCUT2D eigenvalue weighted by Crippen LogP contribution is -2.20. The van der Waals surface area contributed by atoms with Gasteiger partial charge in [-0.1, -0.05) is 17.7 Å². The van der Waals surface area contributed by atoms with Gasteiger partial charge in [-0.3, -0.25) is 9.88 Å². The normalized spacial score (nSPS) is 18.5. The van der Waals surface area contributed by atoms with Crippen molar-refractivity contribution in [1.29, 1.82) is 0 Å². The molecule has 1 aliphatic rings. The van der Waals surface area contributed by atoms with E-state index in [1.165, 1.54) is 0 Å². The number of aromatic nitrogens is 1. The molecule has 3 aromatic rings. The summed E-state index contributed by atoms with van der Waals surface area (Å²) in [5, 5.41) is 11.0. The molecule has 1 aliphatic heterocycles. The van der Waals surface area contributed by atoms with Gasteiger partial charge < -0.3 is 9.52 Å². The first-order chi connectivity index (χ1) is 11.7. The molecule has 2 aromatic heterocycles. The quantitative estimate of drug-likeness (QED) is 0.779. The fraction of sp³-hybridized carbons (Fsp3) is 0.316. The third kappa shape index (κ3) is 3.05. The number of furan rings is 1. The van der Waals surface area contributed by atoms with Crippen LogP contribution in [0.5, 0.6) is 0 Å². The molecular formula is C19H19ClN2O2. The molecule has 4 nitrogen and oxygen atoms in total. The molecular weight excluding hydrogens is 324 g/mol. The van der Waals surface area contributed by atoms with E-state index in [2.05, 4.69) is 9.88 Å². The van der Waals surface area contributed by atoms with E-state index in [0.29, 0.717) is 10.9 Å². The van der Waals surface area contributed by atoms with Crippen LogP contribution in [0, 0.1) is 5.92 Å². The van der Waals surface area contributed by atoms with Crippen molar-refractivity contribution < 1.29 is 9.52 Å². The highest BCUT2D eigenvalue weighted by molar-refractivity contribution is 6.31.